The fourth-order valence-electron chi connectivity index (χ4n) is 2.50. The lowest BCUT2D eigenvalue weighted by molar-refractivity contribution is 0.525. The Balaban J connectivity index is 1.89. The van der Waals surface area contributed by atoms with Crippen LogP contribution in [0.25, 0.3) is 0 Å². The van der Waals surface area contributed by atoms with Crippen molar-refractivity contribution >= 4 is 17.4 Å². The minimum Gasteiger partial charge on any atom is -0.382 e. The maximum absolute atomic E-state index is 3.65. The predicted octanol–water partition coefficient (Wildman–Crippen LogP) is 4.40. The van der Waals surface area contributed by atoms with Gasteiger partial charge in [-0.15, -0.1) is 11.8 Å². The molecule has 16 heavy (non-hydrogen) atoms. The van der Waals surface area contributed by atoms with Gasteiger partial charge in [0, 0.05) is 16.6 Å². The predicted molar refractivity (Wildman–Crippen MR) is 73.3 cm³/mol. The van der Waals surface area contributed by atoms with Gasteiger partial charge in [-0.05, 0) is 55.7 Å². The van der Waals surface area contributed by atoms with Crippen LogP contribution in [0.5, 0.6) is 0 Å². The standard InChI is InChI=1S/C14H21NS/c1-3-11-4-5-13(10-11)15-12-6-8-14(16-2)9-7-12/h6-9,11,13,15H,3-5,10H2,1-2H3. The molecule has 1 fully saturated rings. The summed E-state index contributed by atoms with van der Waals surface area (Å²) in [5.41, 5.74) is 1.28. The molecule has 0 aliphatic heterocycles. The summed E-state index contributed by atoms with van der Waals surface area (Å²) in [6.07, 6.45) is 7.54. The molecule has 1 aliphatic rings. The Bertz CT molecular complexity index is 320. The van der Waals surface area contributed by atoms with Gasteiger partial charge in [0.05, 0.1) is 0 Å². The largest absolute Gasteiger partial charge is 0.382 e. The van der Waals surface area contributed by atoms with Gasteiger partial charge < -0.3 is 5.32 Å². The number of anilines is 1. The van der Waals surface area contributed by atoms with Crippen molar-refractivity contribution in [2.45, 2.75) is 43.5 Å². The van der Waals surface area contributed by atoms with E-state index in [1.54, 1.807) is 11.8 Å². The Morgan fingerprint density at radius 2 is 2.00 bits per heavy atom. The third kappa shape index (κ3) is 2.94. The van der Waals surface area contributed by atoms with Crippen molar-refractivity contribution in [3.8, 4) is 0 Å². The summed E-state index contributed by atoms with van der Waals surface area (Å²) >= 11 is 1.80. The van der Waals surface area contributed by atoms with Crippen LogP contribution < -0.4 is 5.32 Å². The first-order valence-electron chi connectivity index (χ1n) is 6.22. The molecular weight excluding hydrogens is 214 g/mol. The number of hydrogen-bond acceptors (Lipinski definition) is 2. The van der Waals surface area contributed by atoms with E-state index < -0.39 is 0 Å². The first-order valence-corrected chi connectivity index (χ1v) is 7.45. The molecule has 1 aromatic rings. The average molecular weight is 235 g/mol. The van der Waals surface area contributed by atoms with E-state index in [-0.39, 0.29) is 0 Å². The maximum Gasteiger partial charge on any atom is 0.0343 e. The summed E-state index contributed by atoms with van der Waals surface area (Å²) in [6.45, 7) is 2.31. The minimum absolute atomic E-state index is 0.699. The van der Waals surface area contributed by atoms with E-state index >= 15 is 0 Å². The first-order chi connectivity index (χ1) is 7.81. The molecule has 1 aromatic carbocycles. The van der Waals surface area contributed by atoms with Crippen molar-refractivity contribution in [1.82, 2.24) is 0 Å². The average Bonchev–Trinajstić information content (AvgIpc) is 2.78. The Morgan fingerprint density at radius 3 is 2.56 bits per heavy atom. The van der Waals surface area contributed by atoms with Gasteiger partial charge in [0.25, 0.3) is 0 Å². The van der Waals surface area contributed by atoms with Crippen molar-refractivity contribution in [1.29, 1.82) is 0 Å². The second-order valence-corrected chi connectivity index (χ2v) is 5.54. The Morgan fingerprint density at radius 1 is 1.25 bits per heavy atom. The van der Waals surface area contributed by atoms with Gasteiger partial charge in [-0.3, -0.25) is 0 Å². The van der Waals surface area contributed by atoms with Gasteiger partial charge in [0.1, 0.15) is 0 Å². The monoisotopic (exact) mass is 235 g/mol. The normalized spacial score (nSPS) is 24.6. The van der Waals surface area contributed by atoms with Gasteiger partial charge in [-0.1, -0.05) is 13.3 Å². The number of thioether (sulfide) groups is 1. The third-order valence-electron chi connectivity index (χ3n) is 3.58. The third-order valence-corrected chi connectivity index (χ3v) is 4.32. The highest BCUT2D eigenvalue weighted by atomic mass is 32.2. The van der Waals surface area contributed by atoms with Crippen LogP contribution in [-0.2, 0) is 0 Å². The van der Waals surface area contributed by atoms with Gasteiger partial charge in [-0.25, -0.2) is 0 Å². The zero-order valence-electron chi connectivity index (χ0n) is 10.2. The number of hydrogen-bond donors (Lipinski definition) is 1. The smallest absolute Gasteiger partial charge is 0.0343 e. The maximum atomic E-state index is 3.65. The summed E-state index contributed by atoms with van der Waals surface area (Å²) < 4.78 is 0. The van der Waals surface area contributed by atoms with E-state index in [1.807, 2.05) is 0 Å². The molecule has 0 saturated heterocycles. The zero-order valence-corrected chi connectivity index (χ0v) is 11.0. The molecule has 2 heteroatoms. The molecule has 0 spiro atoms. The van der Waals surface area contributed by atoms with Gasteiger partial charge in [0.15, 0.2) is 0 Å². The molecule has 1 N–H and O–H groups in total. The molecule has 2 rings (SSSR count). The van der Waals surface area contributed by atoms with Crippen LogP contribution in [0.4, 0.5) is 5.69 Å². The van der Waals surface area contributed by atoms with E-state index in [1.165, 1.54) is 36.3 Å². The second kappa shape index (κ2) is 5.62. The molecule has 1 nitrogen and oxygen atoms in total. The van der Waals surface area contributed by atoms with Crippen LogP contribution in [0.15, 0.2) is 29.2 Å². The van der Waals surface area contributed by atoms with Crippen molar-refractivity contribution in [2.24, 2.45) is 5.92 Å². The van der Waals surface area contributed by atoms with Crippen LogP contribution in [0.1, 0.15) is 32.6 Å². The molecule has 0 radical (unpaired) electrons. The Labute approximate surface area is 103 Å². The van der Waals surface area contributed by atoms with Crippen LogP contribution >= 0.6 is 11.8 Å². The minimum atomic E-state index is 0.699. The zero-order chi connectivity index (χ0) is 11.4. The van der Waals surface area contributed by atoms with E-state index in [4.69, 9.17) is 0 Å². The quantitative estimate of drug-likeness (QED) is 0.776. The van der Waals surface area contributed by atoms with Crippen LogP contribution in [0.2, 0.25) is 0 Å². The highest BCUT2D eigenvalue weighted by molar-refractivity contribution is 7.98. The van der Waals surface area contributed by atoms with E-state index in [9.17, 15) is 0 Å². The molecule has 1 saturated carbocycles. The highest BCUT2D eigenvalue weighted by Gasteiger charge is 2.22. The SMILES string of the molecule is CCC1CCC(Nc2ccc(SC)cc2)C1. The number of benzene rings is 1. The van der Waals surface area contributed by atoms with E-state index in [0.29, 0.717) is 6.04 Å². The van der Waals surface area contributed by atoms with E-state index in [0.717, 1.165) is 5.92 Å². The Kier molecular flexibility index (Phi) is 4.16. The Hall–Kier alpha value is -0.630. The lowest BCUT2D eigenvalue weighted by Crippen LogP contribution is -2.15. The number of rotatable bonds is 4. The molecule has 0 amide bonds. The fraction of sp³-hybridized carbons (Fsp3) is 0.571. The summed E-state index contributed by atoms with van der Waals surface area (Å²) in [6, 6.07) is 9.49. The molecule has 1 aliphatic carbocycles. The van der Waals surface area contributed by atoms with Crippen molar-refractivity contribution in [3.63, 3.8) is 0 Å². The molecule has 0 aromatic heterocycles. The van der Waals surface area contributed by atoms with Crippen LogP contribution in [-0.4, -0.2) is 12.3 Å². The topological polar surface area (TPSA) is 12.0 Å². The summed E-state index contributed by atoms with van der Waals surface area (Å²) in [5.74, 6) is 0.947. The lowest BCUT2D eigenvalue weighted by Gasteiger charge is -2.14. The van der Waals surface area contributed by atoms with Gasteiger partial charge in [-0.2, -0.15) is 0 Å². The second-order valence-electron chi connectivity index (χ2n) is 4.66. The van der Waals surface area contributed by atoms with Crippen LogP contribution in [0.3, 0.4) is 0 Å². The molecule has 2 unspecified atom stereocenters. The van der Waals surface area contributed by atoms with Gasteiger partial charge >= 0.3 is 0 Å². The first kappa shape index (κ1) is 11.8. The summed E-state index contributed by atoms with van der Waals surface area (Å²) in [5, 5.41) is 3.65. The number of nitrogens with one attached hydrogen (secondary N) is 1. The van der Waals surface area contributed by atoms with Gasteiger partial charge in [0.2, 0.25) is 0 Å². The summed E-state index contributed by atoms with van der Waals surface area (Å²) in [7, 11) is 0. The molecule has 0 bridgehead atoms. The van der Waals surface area contributed by atoms with Crippen molar-refractivity contribution in [3.05, 3.63) is 24.3 Å². The highest BCUT2D eigenvalue weighted by Crippen LogP contribution is 2.30. The van der Waals surface area contributed by atoms with E-state index in [2.05, 4.69) is 42.8 Å². The molecular formula is C14H21NS. The van der Waals surface area contributed by atoms with Crippen molar-refractivity contribution in [2.75, 3.05) is 11.6 Å². The molecule has 0 heterocycles. The molecule has 2 atom stereocenters. The summed E-state index contributed by atoms with van der Waals surface area (Å²) in [4.78, 5) is 1.34. The molecule has 88 valence electrons. The van der Waals surface area contributed by atoms with Crippen molar-refractivity contribution < 1.29 is 0 Å². The van der Waals surface area contributed by atoms with Crippen LogP contribution in [0, 0.1) is 5.92 Å². The lowest BCUT2D eigenvalue weighted by atomic mass is 10.1. The fourth-order valence-corrected chi connectivity index (χ4v) is 2.91.